The second kappa shape index (κ2) is 7.09. The Hall–Kier alpha value is -1.82. The molecule has 0 aromatic carbocycles. The van der Waals surface area contributed by atoms with Crippen LogP contribution in [0.2, 0.25) is 0 Å². The molecule has 0 rings (SSSR count). The predicted octanol–water partition coefficient (Wildman–Crippen LogP) is -2.61. The van der Waals surface area contributed by atoms with Gasteiger partial charge in [0.15, 0.2) is 18.0 Å². The van der Waals surface area contributed by atoms with E-state index in [2.05, 4.69) is 35.2 Å². The van der Waals surface area contributed by atoms with Crippen LogP contribution in [0.15, 0.2) is 9.98 Å². The van der Waals surface area contributed by atoms with Gasteiger partial charge in [-0.05, 0) is 6.42 Å². The molecule has 0 radical (unpaired) electrons. The predicted molar refractivity (Wildman–Crippen MR) is 79.8 cm³/mol. The normalized spacial score (nSPS) is 16.3. The number of hydrogen-bond acceptors (Lipinski definition) is 6. The van der Waals surface area contributed by atoms with Crippen molar-refractivity contribution < 1.29 is 19.8 Å². The van der Waals surface area contributed by atoms with Gasteiger partial charge in [-0.15, -0.1) is 12.6 Å². The molecule has 114 valence electrons. The van der Waals surface area contributed by atoms with E-state index in [4.69, 9.17) is 33.1 Å². The summed E-state index contributed by atoms with van der Waals surface area (Å²) in [4.78, 5) is 27.0. The number of carbonyl (C=O) groups is 2. The number of carboxylic acid groups (broad SMARTS) is 2. The summed E-state index contributed by atoms with van der Waals surface area (Å²) < 4.78 is 0. The highest BCUT2D eigenvalue weighted by Crippen LogP contribution is 2.30. The van der Waals surface area contributed by atoms with E-state index in [1.165, 1.54) is 0 Å². The third-order valence-electron chi connectivity index (χ3n) is 2.12. The molecule has 0 saturated carbocycles. The van der Waals surface area contributed by atoms with Crippen molar-refractivity contribution in [2.75, 3.05) is 0 Å². The molecule has 0 saturated heterocycles. The Labute approximate surface area is 125 Å². The highest BCUT2D eigenvalue weighted by Gasteiger charge is 2.43. The minimum absolute atomic E-state index is 0.358. The van der Waals surface area contributed by atoms with E-state index in [0.29, 0.717) is 0 Å². The van der Waals surface area contributed by atoms with Gasteiger partial charge in [-0.25, -0.2) is 19.6 Å². The highest BCUT2D eigenvalue weighted by molar-refractivity contribution is 7.86. The monoisotopic (exact) mass is 324 g/mol. The van der Waals surface area contributed by atoms with Crippen LogP contribution >= 0.6 is 25.3 Å². The second-order valence-corrected chi connectivity index (χ2v) is 5.03. The molecule has 12 heteroatoms. The van der Waals surface area contributed by atoms with Crippen molar-refractivity contribution in [3.05, 3.63) is 0 Å². The summed E-state index contributed by atoms with van der Waals surface area (Å²) in [5, 5.41) is 16.9. The van der Waals surface area contributed by atoms with Crippen LogP contribution in [0.1, 0.15) is 6.42 Å². The number of guanidine groups is 2. The first kappa shape index (κ1) is 18.2. The molecule has 0 aliphatic carbocycles. The van der Waals surface area contributed by atoms with Crippen molar-refractivity contribution in [2.24, 2.45) is 32.9 Å². The number of nitrogens with two attached hydrogens (primary N) is 4. The Kier molecular flexibility index (Phi) is 6.45. The van der Waals surface area contributed by atoms with Gasteiger partial charge in [0, 0.05) is 5.25 Å². The van der Waals surface area contributed by atoms with Crippen LogP contribution in [0.25, 0.3) is 0 Å². The molecule has 10 N–H and O–H groups in total. The van der Waals surface area contributed by atoms with Crippen LogP contribution in [0.5, 0.6) is 0 Å². The number of aliphatic carboxylic acids is 2. The summed E-state index contributed by atoms with van der Waals surface area (Å²) in [5.74, 6) is -3.85. The summed E-state index contributed by atoms with van der Waals surface area (Å²) in [5.41, 5.74) is 20.4. The zero-order valence-electron chi connectivity index (χ0n) is 10.2. The van der Waals surface area contributed by atoms with E-state index in [0.717, 1.165) is 0 Å². The van der Waals surface area contributed by atoms with Crippen molar-refractivity contribution in [2.45, 2.75) is 22.6 Å². The van der Waals surface area contributed by atoms with Crippen LogP contribution in [0.3, 0.4) is 0 Å². The maximum Gasteiger partial charge on any atom is 0.343 e. The zero-order valence-corrected chi connectivity index (χ0v) is 12.0. The third kappa shape index (κ3) is 5.05. The molecule has 3 unspecified atom stereocenters. The van der Waals surface area contributed by atoms with Gasteiger partial charge in [0.1, 0.15) is 0 Å². The van der Waals surface area contributed by atoms with E-state index < -0.39 is 40.0 Å². The Morgan fingerprint density at radius 3 is 1.95 bits per heavy atom. The Balaban J connectivity index is 5.34. The first-order valence-electron chi connectivity index (χ1n) is 5.06. The summed E-state index contributed by atoms with van der Waals surface area (Å²) in [6, 6.07) is -1.40. The quantitative estimate of drug-likeness (QED) is 0.141. The van der Waals surface area contributed by atoms with Gasteiger partial charge in [0.25, 0.3) is 0 Å². The minimum Gasteiger partial charge on any atom is -0.480 e. The molecule has 0 amide bonds. The van der Waals surface area contributed by atoms with Gasteiger partial charge in [0.2, 0.25) is 4.87 Å². The number of aliphatic imine (C=N–C) groups is 2. The van der Waals surface area contributed by atoms with Crippen molar-refractivity contribution >= 4 is 49.1 Å². The first-order chi connectivity index (χ1) is 9.00. The van der Waals surface area contributed by atoms with E-state index in [-0.39, 0.29) is 6.42 Å². The molecule has 0 spiro atoms. The van der Waals surface area contributed by atoms with Gasteiger partial charge in [0.05, 0.1) is 0 Å². The fraction of sp³-hybridized carbons (Fsp3) is 0.500. The fourth-order valence-electron chi connectivity index (χ4n) is 1.23. The molecule has 3 atom stereocenters. The summed E-state index contributed by atoms with van der Waals surface area (Å²) in [7, 11) is 0. The smallest absolute Gasteiger partial charge is 0.343 e. The van der Waals surface area contributed by atoms with E-state index >= 15 is 0 Å². The molecule has 0 fully saturated rings. The number of carboxylic acids is 2. The lowest BCUT2D eigenvalue weighted by Crippen LogP contribution is -2.45. The topological polar surface area (TPSA) is 203 Å². The standard InChI is InChI=1S/C8H16N6O4S2/c9-6(10)13-2(4(15)16)1-3(19)8(20,5(17)18)14-7(11)12/h2-3,19-20H,1H2,(H,15,16)(H,17,18)(H4,9,10,13)(H4,11,12,14). The van der Waals surface area contributed by atoms with Crippen molar-refractivity contribution in [1.29, 1.82) is 0 Å². The van der Waals surface area contributed by atoms with Crippen LogP contribution < -0.4 is 22.9 Å². The van der Waals surface area contributed by atoms with Gasteiger partial charge < -0.3 is 33.1 Å². The van der Waals surface area contributed by atoms with Crippen LogP contribution in [-0.2, 0) is 9.59 Å². The molecular formula is C8H16N6O4S2. The van der Waals surface area contributed by atoms with E-state index in [1.807, 2.05) is 0 Å². The van der Waals surface area contributed by atoms with Gasteiger partial charge in [-0.3, -0.25) is 0 Å². The van der Waals surface area contributed by atoms with E-state index in [9.17, 15) is 9.59 Å². The lowest BCUT2D eigenvalue weighted by Gasteiger charge is -2.26. The average Bonchev–Trinajstić information content (AvgIpc) is 2.25. The number of hydrogen-bond donors (Lipinski definition) is 8. The lowest BCUT2D eigenvalue weighted by atomic mass is 10.1. The van der Waals surface area contributed by atoms with Crippen molar-refractivity contribution in [3.8, 4) is 0 Å². The number of rotatable bonds is 7. The largest absolute Gasteiger partial charge is 0.480 e. The summed E-state index contributed by atoms with van der Waals surface area (Å²) in [6.45, 7) is 0. The van der Waals surface area contributed by atoms with Crippen LogP contribution in [0.4, 0.5) is 0 Å². The molecule has 0 aliphatic rings. The molecule has 20 heavy (non-hydrogen) atoms. The first-order valence-corrected chi connectivity index (χ1v) is 6.03. The number of nitrogens with zero attached hydrogens (tertiary/aromatic N) is 2. The zero-order chi connectivity index (χ0) is 16.1. The molecule has 0 aliphatic heterocycles. The second-order valence-electron chi connectivity index (χ2n) is 3.73. The van der Waals surface area contributed by atoms with Crippen LogP contribution in [-0.4, -0.2) is 50.2 Å². The van der Waals surface area contributed by atoms with Gasteiger partial charge in [-0.1, -0.05) is 0 Å². The van der Waals surface area contributed by atoms with Gasteiger partial charge in [-0.2, -0.15) is 12.6 Å². The maximum atomic E-state index is 11.2. The third-order valence-corrected chi connectivity index (χ3v) is 3.51. The van der Waals surface area contributed by atoms with E-state index in [1.54, 1.807) is 0 Å². The molecule has 0 bridgehead atoms. The average molecular weight is 324 g/mol. The Bertz CT molecular complexity index is 448. The molecule has 0 aromatic rings. The highest BCUT2D eigenvalue weighted by atomic mass is 32.1. The Morgan fingerprint density at radius 2 is 1.65 bits per heavy atom. The Morgan fingerprint density at radius 1 is 1.15 bits per heavy atom. The van der Waals surface area contributed by atoms with Crippen molar-refractivity contribution in [3.63, 3.8) is 0 Å². The molecule has 0 aromatic heterocycles. The fourth-order valence-corrected chi connectivity index (χ4v) is 1.81. The molecule has 0 heterocycles. The molecule has 10 nitrogen and oxygen atoms in total. The number of thiol groups is 2. The summed E-state index contributed by atoms with van der Waals surface area (Å²) in [6.07, 6.45) is -0.358. The SMILES string of the molecule is NC(N)=NC(CC(S)C(S)(N=C(N)N)C(=O)O)C(=O)O. The summed E-state index contributed by atoms with van der Waals surface area (Å²) >= 11 is 7.85. The maximum absolute atomic E-state index is 11.2. The lowest BCUT2D eigenvalue weighted by molar-refractivity contribution is -0.141. The van der Waals surface area contributed by atoms with Crippen molar-refractivity contribution in [1.82, 2.24) is 0 Å². The van der Waals surface area contributed by atoms with Crippen LogP contribution in [0, 0.1) is 0 Å². The minimum atomic E-state index is -2.12. The molecular weight excluding hydrogens is 308 g/mol. The van der Waals surface area contributed by atoms with Gasteiger partial charge >= 0.3 is 11.9 Å².